The van der Waals surface area contributed by atoms with Crippen LogP contribution in [0.5, 0.6) is 0 Å². The summed E-state index contributed by atoms with van der Waals surface area (Å²) >= 11 is 0. The van der Waals surface area contributed by atoms with Gasteiger partial charge in [-0.05, 0) is 18.2 Å². The highest BCUT2D eigenvalue weighted by atomic mass is 32.2. The van der Waals surface area contributed by atoms with Crippen LogP contribution in [-0.4, -0.2) is 37.7 Å². The second kappa shape index (κ2) is 6.95. The Hall–Kier alpha value is -2.26. The summed E-state index contributed by atoms with van der Waals surface area (Å²) in [5.41, 5.74) is -0.00659. The third-order valence-electron chi connectivity index (χ3n) is 2.34. The number of hydrogen-bond donors (Lipinski definition) is 3. The van der Waals surface area contributed by atoms with Gasteiger partial charge in [0.15, 0.2) is 0 Å². The molecular formula is C12H13FN2O5S. The summed E-state index contributed by atoms with van der Waals surface area (Å²) in [4.78, 5) is 22.0. The molecule has 21 heavy (non-hydrogen) atoms. The van der Waals surface area contributed by atoms with E-state index in [1.54, 1.807) is 0 Å². The Kier molecular flexibility index (Phi) is 5.56. The number of amides is 1. The van der Waals surface area contributed by atoms with Crippen LogP contribution in [0, 0.1) is 5.82 Å². The topological polar surface area (TPSA) is 127 Å². The van der Waals surface area contributed by atoms with Gasteiger partial charge in [-0.2, -0.15) is 0 Å². The van der Waals surface area contributed by atoms with E-state index in [9.17, 15) is 22.4 Å². The lowest BCUT2D eigenvalue weighted by atomic mass is 10.1. The van der Waals surface area contributed by atoms with Crippen LogP contribution in [0.4, 0.5) is 4.39 Å². The van der Waals surface area contributed by atoms with Gasteiger partial charge in [0.1, 0.15) is 5.82 Å². The van der Waals surface area contributed by atoms with Gasteiger partial charge in [0.25, 0.3) is 5.91 Å². The number of carbonyl (C=O) groups is 2. The van der Waals surface area contributed by atoms with E-state index in [2.05, 4.69) is 5.32 Å². The summed E-state index contributed by atoms with van der Waals surface area (Å²) in [6.07, 6.45) is 1.82. The minimum atomic E-state index is -3.69. The monoisotopic (exact) mass is 316 g/mol. The fourth-order valence-electron chi connectivity index (χ4n) is 1.37. The number of nitrogens with two attached hydrogens (primary N) is 1. The van der Waals surface area contributed by atoms with Gasteiger partial charge in [0, 0.05) is 23.7 Å². The van der Waals surface area contributed by atoms with Crippen molar-refractivity contribution in [1.82, 2.24) is 5.32 Å². The maximum atomic E-state index is 13.6. The standard InChI is InChI=1S/C12H13FN2O5S/c13-10-7-9(2-1-8(10)3-4-11(16)17)12(18)15-5-6-21(14,19)20/h1-4,7H,5-6H2,(H,15,18)(H,16,17)(H2,14,19,20). The van der Waals surface area contributed by atoms with E-state index in [4.69, 9.17) is 10.2 Å². The van der Waals surface area contributed by atoms with E-state index < -0.39 is 33.5 Å². The molecule has 1 aromatic rings. The molecule has 0 aliphatic heterocycles. The number of aliphatic carboxylic acids is 1. The van der Waals surface area contributed by atoms with Crippen LogP contribution < -0.4 is 10.5 Å². The summed E-state index contributed by atoms with van der Waals surface area (Å²) < 4.78 is 35.0. The first-order chi connectivity index (χ1) is 9.69. The normalized spacial score (nSPS) is 11.5. The molecule has 0 saturated heterocycles. The van der Waals surface area contributed by atoms with Crippen molar-refractivity contribution < 1.29 is 27.5 Å². The largest absolute Gasteiger partial charge is 0.478 e. The van der Waals surface area contributed by atoms with Crippen LogP contribution in [0.3, 0.4) is 0 Å². The maximum absolute atomic E-state index is 13.6. The molecule has 0 bridgehead atoms. The van der Waals surface area contributed by atoms with Gasteiger partial charge in [-0.15, -0.1) is 0 Å². The first-order valence-corrected chi connectivity index (χ1v) is 7.40. The highest BCUT2D eigenvalue weighted by Gasteiger charge is 2.10. The fraction of sp³-hybridized carbons (Fsp3) is 0.167. The third kappa shape index (κ3) is 6.15. The molecule has 0 aromatic heterocycles. The number of rotatable bonds is 6. The van der Waals surface area contributed by atoms with Crippen LogP contribution in [-0.2, 0) is 14.8 Å². The Bertz CT molecular complexity index is 685. The Morgan fingerprint density at radius 2 is 2.05 bits per heavy atom. The van der Waals surface area contributed by atoms with Crippen LogP contribution >= 0.6 is 0 Å². The maximum Gasteiger partial charge on any atom is 0.328 e. The summed E-state index contributed by atoms with van der Waals surface area (Å²) in [6, 6.07) is 3.45. The van der Waals surface area contributed by atoms with Crippen molar-refractivity contribution in [3.05, 3.63) is 41.2 Å². The number of carboxylic acid groups (broad SMARTS) is 1. The van der Waals surface area contributed by atoms with Gasteiger partial charge in [-0.3, -0.25) is 4.79 Å². The van der Waals surface area contributed by atoms with Gasteiger partial charge in [-0.25, -0.2) is 22.7 Å². The highest BCUT2D eigenvalue weighted by Crippen LogP contribution is 2.12. The molecule has 0 heterocycles. The van der Waals surface area contributed by atoms with Crippen molar-refractivity contribution in [2.75, 3.05) is 12.3 Å². The zero-order chi connectivity index (χ0) is 16.0. The number of carbonyl (C=O) groups excluding carboxylic acids is 1. The Morgan fingerprint density at radius 3 is 2.57 bits per heavy atom. The molecule has 4 N–H and O–H groups in total. The van der Waals surface area contributed by atoms with E-state index in [0.29, 0.717) is 0 Å². The number of sulfonamides is 1. The summed E-state index contributed by atoms with van der Waals surface area (Å²) in [5, 5.41) is 15.5. The SMILES string of the molecule is NS(=O)(=O)CCNC(=O)c1ccc(C=CC(=O)O)c(F)c1. The van der Waals surface area contributed by atoms with Crippen molar-refractivity contribution >= 4 is 28.0 Å². The molecule has 0 aliphatic carbocycles. The van der Waals surface area contributed by atoms with Crippen molar-refractivity contribution in [3.63, 3.8) is 0 Å². The lowest BCUT2D eigenvalue weighted by Crippen LogP contribution is -2.31. The molecule has 0 saturated carbocycles. The number of benzene rings is 1. The summed E-state index contributed by atoms with van der Waals surface area (Å²) in [7, 11) is -3.69. The number of carboxylic acids is 1. The van der Waals surface area contributed by atoms with Crippen LogP contribution in [0.1, 0.15) is 15.9 Å². The van der Waals surface area contributed by atoms with Gasteiger partial charge < -0.3 is 10.4 Å². The summed E-state index contributed by atoms with van der Waals surface area (Å²) in [6.45, 7) is -0.194. The lowest BCUT2D eigenvalue weighted by molar-refractivity contribution is -0.131. The van der Waals surface area contributed by atoms with E-state index in [-0.39, 0.29) is 17.7 Å². The Labute approximate surface area is 120 Å². The third-order valence-corrected chi connectivity index (χ3v) is 3.11. The second-order valence-electron chi connectivity index (χ2n) is 4.03. The van der Waals surface area contributed by atoms with Crippen LogP contribution in [0.15, 0.2) is 24.3 Å². The Morgan fingerprint density at radius 1 is 1.38 bits per heavy atom. The molecule has 0 atom stereocenters. The van der Waals surface area contributed by atoms with E-state index in [0.717, 1.165) is 18.2 Å². The van der Waals surface area contributed by atoms with Crippen molar-refractivity contribution in [2.24, 2.45) is 5.14 Å². The average Bonchev–Trinajstić information content (AvgIpc) is 2.35. The van der Waals surface area contributed by atoms with E-state index in [1.807, 2.05) is 0 Å². The van der Waals surface area contributed by atoms with Gasteiger partial charge >= 0.3 is 5.97 Å². The molecule has 114 valence electrons. The zero-order valence-corrected chi connectivity index (χ0v) is 11.6. The number of nitrogens with one attached hydrogen (secondary N) is 1. The molecule has 7 nitrogen and oxygen atoms in total. The first kappa shape index (κ1) is 16.8. The van der Waals surface area contributed by atoms with Crippen LogP contribution in [0.2, 0.25) is 0 Å². The zero-order valence-electron chi connectivity index (χ0n) is 10.7. The van der Waals surface area contributed by atoms with Gasteiger partial charge in [0.05, 0.1) is 5.75 Å². The molecule has 0 radical (unpaired) electrons. The first-order valence-electron chi connectivity index (χ1n) is 5.68. The number of hydrogen-bond acceptors (Lipinski definition) is 4. The minimum Gasteiger partial charge on any atom is -0.478 e. The highest BCUT2D eigenvalue weighted by molar-refractivity contribution is 7.89. The van der Waals surface area contributed by atoms with E-state index >= 15 is 0 Å². The second-order valence-corrected chi connectivity index (χ2v) is 5.76. The molecule has 1 aromatic carbocycles. The quantitative estimate of drug-likeness (QED) is 0.634. The smallest absolute Gasteiger partial charge is 0.328 e. The number of halogens is 1. The van der Waals surface area contributed by atoms with Crippen molar-refractivity contribution in [3.8, 4) is 0 Å². The average molecular weight is 316 g/mol. The predicted molar refractivity (Wildman–Crippen MR) is 73.4 cm³/mol. The molecule has 1 amide bonds. The summed E-state index contributed by atoms with van der Waals surface area (Å²) in [5.74, 6) is -3.09. The molecular weight excluding hydrogens is 303 g/mol. The molecule has 1 rings (SSSR count). The molecule has 0 unspecified atom stereocenters. The van der Waals surface area contributed by atoms with Crippen molar-refractivity contribution in [2.45, 2.75) is 0 Å². The molecule has 0 fully saturated rings. The minimum absolute atomic E-state index is 0.0125. The van der Waals surface area contributed by atoms with Gasteiger partial charge in [0.2, 0.25) is 10.0 Å². The lowest BCUT2D eigenvalue weighted by Gasteiger charge is -2.05. The fourth-order valence-corrected chi connectivity index (χ4v) is 1.76. The van der Waals surface area contributed by atoms with Crippen LogP contribution in [0.25, 0.3) is 6.08 Å². The molecule has 0 aliphatic rings. The Balaban J connectivity index is 2.74. The van der Waals surface area contributed by atoms with Crippen molar-refractivity contribution in [1.29, 1.82) is 0 Å². The molecule has 0 spiro atoms. The van der Waals surface area contributed by atoms with E-state index in [1.165, 1.54) is 12.1 Å². The predicted octanol–water partition coefficient (Wildman–Crippen LogP) is -0.0582. The number of primary sulfonamides is 1. The molecule has 9 heteroatoms. The van der Waals surface area contributed by atoms with Gasteiger partial charge in [-0.1, -0.05) is 6.07 Å².